The van der Waals surface area contributed by atoms with Gasteiger partial charge in [-0.25, -0.2) is 0 Å². The van der Waals surface area contributed by atoms with Crippen LogP contribution in [0.3, 0.4) is 0 Å². The van der Waals surface area contributed by atoms with E-state index < -0.39 is 8.07 Å². The zero-order valence-electron chi connectivity index (χ0n) is 20.7. The van der Waals surface area contributed by atoms with Crippen LogP contribution >= 0.6 is 11.6 Å². The Hall–Kier alpha value is -2.75. The number of hydrogen-bond acceptors (Lipinski definition) is 4. The van der Waals surface area contributed by atoms with E-state index in [1.165, 1.54) is 0 Å². The van der Waals surface area contributed by atoms with E-state index in [9.17, 15) is 9.59 Å². The lowest BCUT2D eigenvalue weighted by Gasteiger charge is -2.28. The Balaban J connectivity index is 1.32. The number of carbonyl (C=O) groups excluding carboxylic acids is 2. The fraction of sp³-hybridized carbons (Fsp3) is 0.429. The standard InChI is InChI=1S/C28H34ClNO4Si/c1-35(2,3)17-16-21-6-12-26(13-7-21)33-19-25(31)18-22-4-10-24(11-5-22)30-28(32)20-34-27-14-8-23(29)9-15-27/h6-9,12-15,22,24H,4-5,10-11,18-20H2,1-3H3,(H,30,32). The zero-order chi connectivity index (χ0) is 25.3. The summed E-state index contributed by atoms with van der Waals surface area (Å²) in [6.07, 6.45) is 4.08. The second kappa shape index (κ2) is 12.8. The van der Waals surface area contributed by atoms with E-state index in [4.69, 9.17) is 21.1 Å². The summed E-state index contributed by atoms with van der Waals surface area (Å²) in [5.41, 5.74) is 4.31. The molecule has 0 spiro atoms. The van der Waals surface area contributed by atoms with Crippen LogP contribution in [0.25, 0.3) is 0 Å². The van der Waals surface area contributed by atoms with E-state index in [0.29, 0.717) is 28.9 Å². The molecule has 3 rings (SSSR count). The predicted octanol–water partition coefficient (Wildman–Crippen LogP) is 5.66. The van der Waals surface area contributed by atoms with Crippen molar-refractivity contribution in [2.75, 3.05) is 13.2 Å². The minimum absolute atomic E-state index is 0.0245. The molecule has 1 N–H and O–H groups in total. The van der Waals surface area contributed by atoms with Gasteiger partial charge in [-0.05, 0) is 80.1 Å². The molecule has 2 aromatic carbocycles. The number of amides is 1. The third kappa shape index (κ3) is 10.2. The molecule has 5 nitrogen and oxygen atoms in total. The van der Waals surface area contributed by atoms with Gasteiger partial charge in [0.15, 0.2) is 12.4 Å². The van der Waals surface area contributed by atoms with Crippen LogP contribution in [0.4, 0.5) is 0 Å². The lowest BCUT2D eigenvalue weighted by atomic mass is 9.83. The number of Topliss-reactive ketones (excluding diaryl/α,β-unsaturated/α-hetero) is 1. The minimum atomic E-state index is -1.40. The van der Waals surface area contributed by atoms with Crippen molar-refractivity contribution >= 4 is 31.4 Å². The van der Waals surface area contributed by atoms with E-state index in [0.717, 1.165) is 31.2 Å². The van der Waals surface area contributed by atoms with Crippen LogP contribution in [-0.2, 0) is 9.59 Å². The summed E-state index contributed by atoms with van der Waals surface area (Å²) in [6, 6.07) is 14.7. The first-order valence-electron chi connectivity index (χ1n) is 12.1. The highest BCUT2D eigenvalue weighted by Gasteiger charge is 2.24. The van der Waals surface area contributed by atoms with Crippen LogP contribution in [-0.4, -0.2) is 39.0 Å². The highest BCUT2D eigenvalue weighted by molar-refractivity contribution is 6.83. The van der Waals surface area contributed by atoms with Crippen molar-refractivity contribution in [3.63, 3.8) is 0 Å². The van der Waals surface area contributed by atoms with Crippen molar-refractivity contribution in [1.29, 1.82) is 0 Å². The summed E-state index contributed by atoms with van der Waals surface area (Å²) in [4.78, 5) is 24.6. The molecule has 1 amide bonds. The molecule has 2 aromatic rings. The topological polar surface area (TPSA) is 64.6 Å². The van der Waals surface area contributed by atoms with Gasteiger partial charge in [0.1, 0.15) is 26.2 Å². The highest BCUT2D eigenvalue weighted by Crippen LogP contribution is 2.27. The first-order valence-corrected chi connectivity index (χ1v) is 16.0. The predicted molar refractivity (Wildman–Crippen MR) is 143 cm³/mol. The maximum Gasteiger partial charge on any atom is 0.258 e. The van der Waals surface area contributed by atoms with Crippen LogP contribution in [0, 0.1) is 17.4 Å². The number of carbonyl (C=O) groups is 2. The average molecular weight is 512 g/mol. The van der Waals surface area contributed by atoms with E-state index in [-0.39, 0.29) is 30.9 Å². The number of halogens is 1. The van der Waals surface area contributed by atoms with Gasteiger partial charge in [-0.1, -0.05) is 37.2 Å². The average Bonchev–Trinajstić information content (AvgIpc) is 2.82. The summed E-state index contributed by atoms with van der Waals surface area (Å²) < 4.78 is 11.2. The Bertz CT molecular complexity index is 1040. The first kappa shape index (κ1) is 26.8. The fourth-order valence-electron chi connectivity index (χ4n) is 3.90. The Labute approximate surface area is 214 Å². The molecule has 0 heterocycles. The lowest BCUT2D eigenvalue weighted by molar-refractivity contribution is -0.125. The Kier molecular flexibility index (Phi) is 9.82. The minimum Gasteiger partial charge on any atom is -0.486 e. The Morgan fingerprint density at radius 2 is 1.49 bits per heavy atom. The van der Waals surface area contributed by atoms with Gasteiger partial charge >= 0.3 is 0 Å². The monoisotopic (exact) mass is 511 g/mol. The molecule has 7 heteroatoms. The fourth-order valence-corrected chi connectivity index (χ4v) is 4.54. The highest BCUT2D eigenvalue weighted by atomic mass is 35.5. The van der Waals surface area contributed by atoms with Gasteiger partial charge in [0.05, 0.1) is 0 Å². The quantitative estimate of drug-likeness (QED) is 0.348. The lowest BCUT2D eigenvalue weighted by Crippen LogP contribution is -2.40. The molecule has 0 saturated heterocycles. The molecule has 0 radical (unpaired) electrons. The maximum absolute atomic E-state index is 12.4. The second-order valence-corrected chi connectivity index (χ2v) is 15.3. The Morgan fingerprint density at radius 3 is 2.09 bits per heavy atom. The summed E-state index contributed by atoms with van der Waals surface area (Å²) in [7, 11) is -1.40. The SMILES string of the molecule is C[Si](C)(C)C#Cc1ccc(OCC(=O)CC2CCC(NC(=O)COc3ccc(Cl)cc3)CC2)cc1. The van der Waals surface area contributed by atoms with Crippen LogP contribution in [0.1, 0.15) is 37.7 Å². The van der Waals surface area contributed by atoms with Gasteiger partial charge in [-0.3, -0.25) is 9.59 Å². The van der Waals surface area contributed by atoms with Gasteiger partial charge in [0, 0.05) is 23.0 Å². The molecule has 186 valence electrons. The first-order chi connectivity index (χ1) is 16.7. The third-order valence-electron chi connectivity index (χ3n) is 5.75. The van der Waals surface area contributed by atoms with Gasteiger partial charge in [0.25, 0.3) is 5.91 Å². The largest absolute Gasteiger partial charge is 0.486 e. The van der Waals surface area contributed by atoms with Gasteiger partial charge in [-0.2, -0.15) is 0 Å². The molecule has 0 atom stereocenters. The normalized spacial score (nSPS) is 17.6. The second-order valence-electron chi connectivity index (χ2n) is 10.1. The van der Waals surface area contributed by atoms with Gasteiger partial charge in [0.2, 0.25) is 0 Å². The van der Waals surface area contributed by atoms with Crippen molar-refractivity contribution in [2.24, 2.45) is 5.92 Å². The van der Waals surface area contributed by atoms with Crippen molar-refractivity contribution in [1.82, 2.24) is 5.32 Å². The molecular weight excluding hydrogens is 478 g/mol. The number of benzene rings is 2. The zero-order valence-corrected chi connectivity index (χ0v) is 22.5. The summed E-state index contributed by atoms with van der Waals surface area (Å²) in [5.74, 6) is 4.82. The van der Waals surface area contributed by atoms with Crippen molar-refractivity contribution in [2.45, 2.75) is 57.8 Å². The van der Waals surface area contributed by atoms with Crippen molar-refractivity contribution in [3.8, 4) is 23.0 Å². The molecular formula is C28H34ClNO4Si. The maximum atomic E-state index is 12.4. The molecule has 0 bridgehead atoms. The number of ketones is 1. The molecule has 0 aliphatic heterocycles. The molecule has 1 aliphatic carbocycles. The molecule has 0 aromatic heterocycles. The van der Waals surface area contributed by atoms with E-state index in [2.05, 4.69) is 36.4 Å². The number of hydrogen-bond donors (Lipinski definition) is 1. The van der Waals surface area contributed by atoms with Crippen LogP contribution in [0.2, 0.25) is 24.7 Å². The number of nitrogens with one attached hydrogen (secondary N) is 1. The molecule has 1 aliphatic rings. The molecule has 1 saturated carbocycles. The van der Waals surface area contributed by atoms with E-state index in [1.807, 2.05) is 24.3 Å². The van der Waals surface area contributed by atoms with Crippen molar-refractivity contribution in [3.05, 3.63) is 59.1 Å². The number of rotatable bonds is 9. The van der Waals surface area contributed by atoms with Gasteiger partial charge < -0.3 is 14.8 Å². The van der Waals surface area contributed by atoms with Gasteiger partial charge in [-0.15, -0.1) is 5.54 Å². The molecule has 35 heavy (non-hydrogen) atoms. The van der Waals surface area contributed by atoms with Crippen molar-refractivity contribution < 1.29 is 19.1 Å². The smallest absolute Gasteiger partial charge is 0.258 e. The van der Waals surface area contributed by atoms with Crippen LogP contribution in [0.5, 0.6) is 11.5 Å². The van der Waals surface area contributed by atoms with Crippen LogP contribution in [0.15, 0.2) is 48.5 Å². The summed E-state index contributed by atoms with van der Waals surface area (Å²) >= 11 is 5.85. The molecule has 1 fully saturated rings. The number of ether oxygens (including phenoxy) is 2. The molecule has 0 unspecified atom stereocenters. The third-order valence-corrected chi connectivity index (χ3v) is 6.87. The van der Waals surface area contributed by atoms with E-state index in [1.54, 1.807) is 24.3 Å². The van der Waals surface area contributed by atoms with E-state index >= 15 is 0 Å². The Morgan fingerprint density at radius 1 is 0.914 bits per heavy atom. The van der Waals surface area contributed by atoms with Crippen LogP contribution < -0.4 is 14.8 Å². The summed E-state index contributed by atoms with van der Waals surface area (Å²) in [6.45, 7) is 6.70. The summed E-state index contributed by atoms with van der Waals surface area (Å²) in [5, 5.41) is 3.66.